The fraction of sp³-hybridized carbons (Fsp3) is 0.917. The summed E-state index contributed by atoms with van der Waals surface area (Å²) in [6, 6.07) is 0. The molecule has 0 aliphatic rings. The van der Waals surface area contributed by atoms with Crippen LogP contribution in [0.25, 0.3) is 0 Å². The fourth-order valence-corrected chi connectivity index (χ4v) is 2.68. The Bertz CT molecular complexity index is 340. The van der Waals surface area contributed by atoms with Gasteiger partial charge in [-0.3, -0.25) is 0 Å². The molecule has 0 aromatic rings. The first-order chi connectivity index (χ1) is 8.26. The van der Waals surface area contributed by atoms with Gasteiger partial charge in [-0.2, -0.15) is 0 Å². The molecule has 6 heteroatoms. The highest BCUT2D eigenvalue weighted by molar-refractivity contribution is 7.91. The normalized spacial score (nSPS) is 12.3. The molecule has 18 heavy (non-hydrogen) atoms. The van der Waals surface area contributed by atoms with E-state index >= 15 is 0 Å². The molecule has 0 amide bonds. The average molecular weight is 294 g/mol. The van der Waals surface area contributed by atoms with Gasteiger partial charge < -0.3 is 10.6 Å². The van der Waals surface area contributed by atoms with Crippen LogP contribution in [0.3, 0.4) is 0 Å². The van der Waals surface area contributed by atoms with Gasteiger partial charge in [0.15, 0.2) is 0 Å². The maximum atomic E-state index is 11.4. The molecule has 0 aromatic carbocycles. The van der Waals surface area contributed by atoms with Crippen molar-refractivity contribution in [2.45, 2.75) is 33.6 Å². The van der Waals surface area contributed by atoms with E-state index in [1.807, 2.05) is 0 Å². The highest BCUT2D eigenvalue weighted by Crippen LogP contribution is 2.03. The summed E-state index contributed by atoms with van der Waals surface area (Å²) >= 11 is 4.87. The minimum absolute atomic E-state index is 0.226. The van der Waals surface area contributed by atoms with Crippen LogP contribution in [0.1, 0.15) is 33.6 Å². The van der Waals surface area contributed by atoms with Crippen molar-refractivity contribution in [3.8, 4) is 0 Å². The Balaban J connectivity index is 4.11. The summed E-state index contributed by atoms with van der Waals surface area (Å²) in [6.07, 6.45) is 1.38. The van der Waals surface area contributed by atoms with E-state index in [-0.39, 0.29) is 11.5 Å². The van der Waals surface area contributed by atoms with Gasteiger partial charge >= 0.3 is 0 Å². The van der Waals surface area contributed by atoms with Crippen LogP contribution in [0.15, 0.2) is 0 Å². The van der Waals surface area contributed by atoms with Crippen LogP contribution < -0.4 is 5.73 Å². The van der Waals surface area contributed by atoms with Crippen molar-refractivity contribution >= 4 is 27.0 Å². The lowest BCUT2D eigenvalue weighted by Gasteiger charge is -2.23. The predicted molar refractivity (Wildman–Crippen MR) is 81.6 cm³/mol. The Kier molecular flexibility index (Phi) is 8.73. The molecule has 0 fully saturated rings. The third kappa shape index (κ3) is 9.79. The van der Waals surface area contributed by atoms with E-state index in [1.165, 1.54) is 0 Å². The Labute approximate surface area is 117 Å². The van der Waals surface area contributed by atoms with Crippen LogP contribution >= 0.6 is 12.2 Å². The Morgan fingerprint density at radius 3 is 2.39 bits per heavy atom. The van der Waals surface area contributed by atoms with Crippen molar-refractivity contribution in [3.05, 3.63) is 0 Å². The zero-order chi connectivity index (χ0) is 14.2. The molecule has 0 radical (unpaired) electrons. The lowest BCUT2D eigenvalue weighted by atomic mass is 10.2. The van der Waals surface area contributed by atoms with Crippen LogP contribution in [0.2, 0.25) is 0 Å². The third-order valence-corrected chi connectivity index (χ3v) is 4.66. The third-order valence-electron chi connectivity index (χ3n) is 2.67. The summed E-state index contributed by atoms with van der Waals surface area (Å²) in [4.78, 5) is 2.76. The molecule has 0 atom stereocenters. The molecular weight excluding hydrogens is 268 g/mol. The molecule has 0 saturated carbocycles. The zero-order valence-corrected chi connectivity index (χ0v) is 13.3. The largest absolute Gasteiger partial charge is 0.393 e. The SMILES string of the molecule is CCS(=O)(=O)CCCN(CCC(N)=S)CC(C)C. The van der Waals surface area contributed by atoms with Gasteiger partial charge in [0.1, 0.15) is 9.84 Å². The first kappa shape index (κ1) is 17.8. The minimum atomic E-state index is -2.85. The van der Waals surface area contributed by atoms with E-state index in [9.17, 15) is 8.42 Å². The quantitative estimate of drug-likeness (QED) is 0.618. The predicted octanol–water partition coefficient (Wildman–Crippen LogP) is 1.45. The second kappa shape index (κ2) is 8.82. The summed E-state index contributed by atoms with van der Waals surface area (Å²) in [5.41, 5.74) is 5.50. The highest BCUT2D eigenvalue weighted by Gasteiger charge is 2.11. The molecule has 0 unspecified atom stereocenters. The highest BCUT2D eigenvalue weighted by atomic mass is 32.2. The monoisotopic (exact) mass is 294 g/mol. The van der Waals surface area contributed by atoms with E-state index in [0.717, 1.165) is 19.6 Å². The Morgan fingerprint density at radius 2 is 1.94 bits per heavy atom. The van der Waals surface area contributed by atoms with Crippen molar-refractivity contribution in [1.29, 1.82) is 0 Å². The van der Waals surface area contributed by atoms with Crippen molar-refractivity contribution in [2.75, 3.05) is 31.1 Å². The first-order valence-electron chi connectivity index (χ1n) is 6.48. The van der Waals surface area contributed by atoms with E-state index in [4.69, 9.17) is 18.0 Å². The molecule has 108 valence electrons. The fourth-order valence-electron chi connectivity index (χ4n) is 1.73. The van der Waals surface area contributed by atoms with Crippen molar-refractivity contribution in [2.24, 2.45) is 11.7 Å². The number of hydrogen-bond acceptors (Lipinski definition) is 4. The van der Waals surface area contributed by atoms with Gasteiger partial charge in [-0.1, -0.05) is 33.0 Å². The van der Waals surface area contributed by atoms with Crippen LogP contribution in [0.5, 0.6) is 0 Å². The first-order valence-corrected chi connectivity index (χ1v) is 8.71. The zero-order valence-electron chi connectivity index (χ0n) is 11.7. The molecule has 0 aliphatic carbocycles. The number of hydrogen-bond donors (Lipinski definition) is 1. The molecule has 0 aliphatic heterocycles. The molecule has 0 heterocycles. The van der Waals surface area contributed by atoms with Gasteiger partial charge in [-0.25, -0.2) is 8.42 Å². The van der Waals surface area contributed by atoms with Gasteiger partial charge in [-0.15, -0.1) is 0 Å². The lowest BCUT2D eigenvalue weighted by Crippen LogP contribution is -2.32. The topological polar surface area (TPSA) is 63.4 Å². The van der Waals surface area contributed by atoms with Crippen LogP contribution in [0, 0.1) is 5.92 Å². The number of nitrogens with zero attached hydrogens (tertiary/aromatic N) is 1. The summed E-state index contributed by atoms with van der Waals surface area (Å²) in [5, 5.41) is 0. The number of sulfone groups is 1. The number of nitrogens with two attached hydrogens (primary N) is 1. The molecule has 0 spiro atoms. The van der Waals surface area contributed by atoms with Gasteiger partial charge in [0.25, 0.3) is 0 Å². The van der Waals surface area contributed by atoms with Crippen LogP contribution in [-0.2, 0) is 9.84 Å². The molecule has 0 aromatic heterocycles. The minimum Gasteiger partial charge on any atom is -0.393 e. The molecular formula is C12H26N2O2S2. The standard InChI is InChI=1S/C12H26N2O2S2/c1-4-18(15,16)9-5-7-14(10-11(2)3)8-6-12(13)17/h11H,4-10H2,1-3H3,(H2,13,17). The van der Waals surface area contributed by atoms with Gasteiger partial charge in [0, 0.05) is 25.3 Å². The average Bonchev–Trinajstić information content (AvgIpc) is 2.24. The molecule has 0 saturated heterocycles. The van der Waals surface area contributed by atoms with Crippen molar-refractivity contribution in [1.82, 2.24) is 4.90 Å². The Morgan fingerprint density at radius 1 is 1.33 bits per heavy atom. The molecule has 2 N–H and O–H groups in total. The molecule has 0 bridgehead atoms. The van der Waals surface area contributed by atoms with Crippen molar-refractivity contribution in [3.63, 3.8) is 0 Å². The van der Waals surface area contributed by atoms with Gasteiger partial charge in [0.2, 0.25) is 0 Å². The molecule has 4 nitrogen and oxygen atoms in total. The van der Waals surface area contributed by atoms with Crippen molar-refractivity contribution < 1.29 is 8.42 Å². The Hall–Kier alpha value is -0.200. The van der Waals surface area contributed by atoms with Gasteiger partial charge in [0.05, 0.1) is 10.7 Å². The smallest absolute Gasteiger partial charge is 0.150 e. The van der Waals surface area contributed by atoms with E-state index < -0.39 is 9.84 Å². The van der Waals surface area contributed by atoms with Crippen LogP contribution in [0.4, 0.5) is 0 Å². The maximum absolute atomic E-state index is 11.4. The van der Waals surface area contributed by atoms with Crippen LogP contribution in [-0.4, -0.2) is 49.4 Å². The lowest BCUT2D eigenvalue weighted by molar-refractivity contribution is 0.251. The second-order valence-corrected chi connectivity index (χ2v) is 8.00. The number of thiocarbonyl (C=S) groups is 1. The number of rotatable bonds is 10. The second-order valence-electron chi connectivity index (χ2n) is 5.00. The van der Waals surface area contributed by atoms with E-state index in [1.54, 1.807) is 6.92 Å². The summed E-state index contributed by atoms with van der Waals surface area (Å²) in [7, 11) is -2.85. The van der Waals surface area contributed by atoms with Gasteiger partial charge in [-0.05, 0) is 18.9 Å². The molecule has 0 rings (SSSR count). The maximum Gasteiger partial charge on any atom is 0.150 e. The summed E-state index contributed by atoms with van der Waals surface area (Å²) in [5.74, 6) is 1.05. The summed E-state index contributed by atoms with van der Waals surface area (Å²) in [6.45, 7) is 8.55. The summed E-state index contributed by atoms with van der Waals surface area (Å²) < 4.78 is 22.8. The van der Waals surface area contributed by atoms with E-state index in [0.29, 0.717) is 23.7 Å². The van der Waals surface area contributed by atoms with E-state index in [2.05, 4.69) is 18.7 Å².